The molecular formula is C16H22N2O8. The van der Waals surface area contributed by atoms with Gasteiger partial charge in [-0.2, -0.15) is 0 Å². The molecule has 0 unspecified atom stereocenters. The molecule has 10 heteroatoms. The molecule has 0 N–H and O–H groups in total. The highest BCUT2D eigenvalue weighted by atomic mass is 16.5. The van der Waals surface area contributed by atoms with E-state index >= 15 is 0 Å². The van der Waals surface area contributed by atoms with E-state index in [1.165, 1.54) is 0 Å². The zero-order chi connectivity index (χ0) is 18.8. The molecule has 144 valence electrons. The van der Waals surface area contributed by atoms with Gasteiger partial charge in [0.1, 0.15) is 26.4 Å². The average molecular weight is 370 g/mol. The zero-order valence-corrected chi connectivity index (χ0v) is 14.4. The number of hydrogen-bond acceptors (Lipinski definition) is 10. The average Bonchev–Trinajstić information content (AvgIpc) is 2.60. The Labute approximate surface area is 150 Å². The van der Waals surface area contributed by atoms with Gasteiger partial charge in [0, 0.05) is 38.3 Å². The Morgan fingerprint density at radius 3 is 1.65 bits per heavy atom. The van der Waals surface area contributed by atoms with E-state index in [-0.39, 0.29) is 38.2 Å². The Hall–Kier alpha value is -2.46. The van der Waals surface area contributed by atoms with Crippen molar-refractivity contribution in [3.05, 3.63) is 12.2 Å². The van der Waals surface area contributed by atoms with Crippen molar-refractivity contribution < 1.29 is 38.1 Å². The van der Waals surface area contributed by atoms with Crippen molar-refractivity contribution in [2.24, 2.45) is 0 Å². The van der Waals surface area contributed by atoms with E-state index in [0.29, 0.717) is 39.4 Å². The first-order valence-corrected chi connectivity index (χ1v) is 8.30. The second-order valence-electron chi connectivity index (χ2n) is 5.66. The highest BCUT2D eigenvalue weighted by molar-refractivity contribution is 5.91. The molecule has 2 fully saturated rings. The van der Waals surface area contributed by atoms with Crippen LogP contribution < -0.4 is 0 Å². The molecule has 2 saturated heterocycles. The lowest BCUT2D eigenvalue weighted by Gasteiger charge is -2.25. The SMILES string of the molecule is O=C(/C=C/C(=O)OCCN1CCOC(=O)C1)OCCN1CCOC(=O)C1. The molecule has 0 atom stereocenters. The second-order valence-corrected chi connectivity index (χ2v) is 5.66. The third-order valence-electron chi connectivity index (χ3n) is 3.71. The number of carbonyl (C=O) groups excluding carboxylic acids is 4. The molecule has 0 aromatic rings. The van der Waals surface area contributed by atoms with E-state index in [4.69, 9.17) is 18.9 Å². The zero-order valence-electron chi connectivity index (χ0n) is 14.4. The van der Waals surface area contributed by atoms with E-state index in [0.717, 1.165) is 12.2 Å². The minimum Gasteiger partial charge on any atom is -0.463 e. The lowest BCUT2D eigenvalue weighted by atomic mass is 10.4. The van der Waals surface area contributed by atoms with Crippen LogP contribution in [0.5, 0.6) is 0 Å². The van der Waals surface area contributed by atoms with Crippen molar-refractivity contribution in [1.82, 2.24) is 9.80 Å². The topological polar surface area (TPSA) is 112 Å². The number of carbonyl (C=O) groups is 4. The third-order valence-corrected chi connectivity index (χ3v) is 3.71. The quantitative estimate of drug-likeness (QED) is 0.280. The van der Waals surface area contributed by atoms with Crippen LogP contribution in [0.1, 0.15) is 0 Å². The Bertz CT molecular complexity index is 514. The van der Waals surface area contributed by atoms with Gasteiger partial charge in [0.25, 0.3) is 0 Å². The minimum absolute atomic E-state index is 0.108. The highest BCUT2D eigenvalue weighted by Gasteiger charge is 2.18. The van der Waals surface area contributed by atoms with Gasteiger partial charge in [-0.1, -0.05) is 0 Å². The van der Waals surface area contributed by atoms with Crippen LogP contribution in [0.15, 0.2) is 12.2 Å². The monoisotopic (exact) mass is 370 g/mol. The summed E-state index contributed by atoms with van der Waals surface area (Å²) in [4.78, 5) is 48.9. The summed E-state index contributed by atoms with van der Waals surface area (Å²) in [6.07, 6.45) is 1.98. The Kier molecular flexibility index (Phi) is 8.03. The van der Waals surface area contributed by atoms with Gasteiger partial charge in [-0.25, -0.2) is 9.59 Å². The molecule has 0 saturated carbocycles. The smallest absolute Gasteiger partial charge is 0.331 e. The van der Waals surface area contributed by atoms with Crippen LogP contribution in [-0.2, 0) is 38.1 Å². The predicted octanol–water partition coefficient (Wildman–Crippen LogP) is -1.65. The summed E-state index contributed by atoms with van der Waals surface area (Å²) in [5, 5.41) is 0. The fourth-order valence-electron chi connectivity index (χ4n) is 2.36. The van der Waals surface area contributed by atoms with Gasteiger partial charge in [-0.3, -0.25) is 19.4 Å². The number of esters is 4. The van der Waals surface area contributed by atoms with Gasteiger partial charge >= 0.3 is 23.9 Å². The van der Waals surface area contributed by atoms with Crippen molar-refractivity contribution in [2.75, 3.05) is 65.7 Å². The molecular weight excluding hydrogens is 348 g/mol. The minimum atomic E-state index is -0.666. The molecule has 0 spiro atoms. The summed E-state index contributed by atoms with van der Waals surface area (Å²) in [7, 11) is 0. The molecule has 0 aromatic carbocycles. The van der Waals surface area contributed by atoms with Crippen molar-refractivity contribution in [1.29, 1.82) is 0 Å². The van der Waals surface area contributed by atoms with Gasteiger partial charge in [-0.15, -0.1) is 0 Å². The maximum absolute atomic E-state index is 11.5. The number of morpholine rings is 2. The Morgan fingerprint density at radius 2 is 1.27 bits per heavy atom. The number of cyclic esters (lactones) is 2. The Morgan fingerprint density at radius 1 is 0.846 bits per heavy atom. The van der Waals surface area contributed by atoms with Crippen molar-refractivity contribution in [3.8, 4) is 0 Å². The molecule has 0 aromatic heterocycles. The van der Waals surface area contributed by atoms with Crippen molar-refractivity contribution in [3.63, 3.8) is 0 Å². The van der Waals surface area contributed by atoms with Crippen molar-refractivity contribution >= 4 is 23.9 Å². The van der Waals surface area contributed by atoms with Crippen LogP contribution >= 0.6 is 0 Å². The molecule has 0 aliphatic carbocycles. The molecule has 2 rings (SSSR count). The van der Waals surface area contributed by atoms with Crippen LogP contribution in [0.4, 0.5) is 0 Å². The van der Waals surface area contributed by atoms with Crippen molar-refractivity contribution in [2.45, 2.75) is 0 Å². The first-order valence-electron chi connectivity index (χ1n) is 8.30. The summed E-state index contributed by atoms with van der Waals surface area (Å²) in [5.74, 6) is -1.93. The number of ether oxygens (including phenoxy) is 4. The van der Waals surface area contributed by atoms with E-state index in [9.17, 15) is 19.2 Å². The maximum Gasteiger partial charge on any atom is 0.331 e. The first-order chi connectivity index (χ1) is 12.5. The molecule has 2 heterocycles. The van der Waals surface area contributed by atoms with Crippen LogP contribution in [0, 0.1) is 0 Å². The van der Waals surface area contributed by atoms with E-state index in [1.807, 2.05) is 9.80 Å². The molecule has 0 radical (unpaired) electrons. The van der Waals surface area contributed by atoms with Gasteiger partial charge in [0.05, 0.1) is 13.1 Å². The number of nitrogens with zero attached hydrogens (tertiary/aromatic N) is 2. The summed E-state index contributed by atoms with van der Waals surface area (Å²) in [6.45, 7) is 3.25. The van der Waals surface area contributed by atoms with E-state index < -0.39 is 11.9 Å². The van der Waals surface area contributed by atoms with Crippen LogP contribution in [0.25, 0.3) is 0 Å². The first kappa shape index (κ1) is 19.9. The highest BCUT2D eigenvalue weighted by Crippen LogP contribution is 1.99. The second kappa shape index (κ2) is 10.5. The molecule has 0 bridgehead atoms. The van der Waals surface area contributed by atoms with Gasteiger partial charge in [0.15, 0.2) is 0 Å². The van der Waals surface area contributed by atoms with E-state index in [2.05, 4.69) is 0 Å². The van der Waals surface area contributed by atoms with Crippen LogP contribution in [-0.4, -0.2) is 99.4 Å². The Balaban J connectivity index is 1.54. The third kappa shape index (κ3) is 7.62. The van der Waals surface area contributed by atoms with E-state index in [1.54, 1.807) is 0 Å². The normalized spacial score (nSPS) is 19.1. The molecule has 2 aliphatic heterocycles. The van der Waals surface area contributed by atoms with Crippen LogP contribution in [0.2, 0.25) is 0 Å². The molecule has 10 nitrogen and oxygen atoms in total. The fourth-order valence-corrected chi connectivity index (χ4v) is 2.36. The van der Waals surface area contributed by atoms with Gasteiger partial charge in [0.2, 0.25) is 0 Å². The van der Waals surface area contributed by atoms with Gasteiger partial charge < -0.3 is 18.9 Å². The summed E-state index contributed by atoms with van der Waals surface area (Å²) in [6, 6.07) is 0. The fraction of sp³-hybridized carbons (Fsp3) is 0.625. The lowest BCUT2D eigenvalue weighted by Crippen LogP contribution is -2.41. The van der Waals surface area contributed by atoms with Crippen LogP contribution in [0.3, 0.4) is 0 Å². The molecule has 26 heavy (non-hydrogen) atoms. The largest absolute Gasteiger partial charge is 0.463 e. The lowest BCUT2D eigenvalue weighted by molar-refractivity contribution is -0.152. The molecule has 2 aliphatic rings. The predicted molar refractivity (Wildman–Crippen MR) is 85.9 cm³/mol. The summed E-state index contributed by atoms with van der Waals surface area (Å²) in [5.41, 5.74) is 0. The number of rotatable bonds is 8. The summed E-state index contributed by atoms with van der Waals surface area (Å²) < 4.78 is 19.5. The molecule has 0 amide bonds. The standard InChI is InChI=1S/C16H22N2O8/c19-13(23-7-3-17-5-9-25-15(21)11-17)1-2-14(20)24-8-4-18-6-10-26-16(22)12-18/h1-2H,3-12H2/b2-1+. The number of hydrogen-bond donors (Lipinski definition) is 0. The summed E-state index contributed by atoms with van der Waals surface area (Å²) >= 11 is 0. The maximum atomic E-state index is 11.5. The van der Waals surface area contributed by atoms with Gasteiger partial charge in [-0.05, 0) is 0 Å².